The first kappa shape index (κ1) is 21.7. The van der Waals surface area contributed by atoms with Crippen LogP contribution in [0.25, 0.3) is 0 Å². The maximum atomic E-state index is 10.5. The Morgan fingerprint density at radius 3 is 2.19 bits per heavy atom. The van der Waals surface area contributed by atoms with Crippen LogP contribution in [0.5, 0.6) is 17.2 Å². The van der Waals surface area contributed by atoms with Gasteiger partial charge in [-0.1, -0.05) is 17.7 Å². The summed E-state index contributed by atoms with van der Waals surface area (Å²) in [6, 6.07) is 8.47. The third kappa shape index (κ3) is 6.81. The van der Waals surface area contributed by atoms with Crippen LogP contribution in [0.4, 0.5) is 0 Å². The fourth-order valence-corrected chi connectivity index (χ4v) is 2.07. The van der Waals surface area contributed by atoms with Gasteiger partial charge in [-0.2, -0.15) is 13.5 Å². The maximum Gasteiger partial charge on any atom is 0.294 e. The summed E-state index contributed by atoms with van der Waals surface area (Å²) in [6.07, 6.45) is 1.10. The molecule has 0 aromatic heterocycles. The number of hydroxylamine groups is 1. The Hall–Kier alpha value is -3.35. The van der Waals surface area contributed by atoms with Gasteiger partial charge in [-0.3, -0.25) is 15.2 Å². The highest BCUT2D eigenvalue weighted by molar-refractivity contribution is 7.85. The van der Waals surface area contributed by atoms with Crippen LogP contribution in [0.2, 0.25) is 0 Å². The van der Waals surface area contributed by atoms with E-state index in [9.17, 15) is 13.5 Å². The highest BCUT2D eigenvalue weighted by Crippen LogP contribution is 2.36. The summed E-state index contributed by atoms with van der Waals surface area (Å²) in [5, 5.41) is 46.1. The number of nitrogens with one attached hydrogen (secondary N) is 3. The van der Waals surface area contributed by atoms with Gasteiger partial charge in [-0.05, 0) is 31.2 Å². The molecule has 146 valence electrons. The summed E-state index contributed by atoms with van der Waals surface area (Å²) >= 11 is 0. The fraction of sp³-hybridized carbons (Fsp3) is 0.0667. The molecular weight excluding hydrogens is 380 g/mol. The molecule has 2 rings (SSSR count). The second kappa shape index (κ2) is 9.38. The monoisotopic (exact) mass is 398 g/mol. The predicted octanol–water partition coefficient (Wildman–Crippen LogP) is 0.882. The average Bonchev–Trinajstić information content (AvgIpc) is 2.61. The van der Waals surface area contributed by atoms with Crippen molar-refractivity contribution in [3.8, 4) is 17.2 Å². The van der Waals surface area contributed by atoms with E-state index in [1.807, 2.05) is 6.92 Å². The molecule has 0 radical (unpaired) electrons. The van der Waals surface area contributed by atoms with Crippen molar-refractivity contribution in [1.29, 1.82) is 5.41 Å². The third-order valence-electron chi connectivity index (χ3n) is 2.97. The van der Waals surface area contributed by atoms with E-state index < -0.39 is 33.3 Å². The van der Waals surface area contributed by atoms with E-state index >= 15 is 0 Å². The van der Waals surface area contributed by atoms with E-state index in [0.29, 0.717) is 0 Å². The smallest absolute Gasteiger partial charge is 0.294 e. The van der Waals surface area contributed by atoms with Gasteiger partial charge in [-0.25, -0.2) is 10.9 Å². The molecule has 0 aliphatic carbocycles. The quantitative estimate of drug-likeness (QED) is 0.122. The van der Waals surface area contributed by atoms with Crippen molar-refractivity contribution in [2.24, 2.45) is 5.10 Å². The van der Waals surface area contributed by atoms with Gasteiger partial charge in [0.1, 0.15) is 0 Å². The number of hydrogen-bond acceptors (Lipinski definition) is 8. The summed E-state index contributed by atoms with van der Waals surface area (Å²) < 4.78 is 29.6. The predicted molar refractivity (Wildman–Crippen MR) is 95.8 cm³/mol. The van der Waals surface area contributed by atoms with E-state index in [4.69, 9.17) is 25.4 Å². The first-order valence-electron chi connectivity index (χ1n) is 7.12. The van der Waals surface area contributed by atoms with E-state index in [1.165, 1.54) is 29.7 Å². The molecule has 27 heavy (non-hydrogen) atoms. The molecule has 0 bridgehead atoms. The number of nitrogens with zero attached hydrogens (tertiary/aromatic N) is 1. The van der Waals surface area contributed by atoms with Crippen LogP contribution in [-0.2, 0) is 10.1 Å². The van der Waals surface area contributed by atoms with Crippen LogP contribution in [0.15, 0.2) is 46.4 Å². The number of phenolic OH excluding ortho intramolecular Hbond substituents is 3. The fourth-order valence-electron chi connectivity index (χ4n) is 1.59. The molecule has 11 nitrogen and oxygen atoms in total. The zero-order valence-corrected chi connectivity index (χ0v) is 14.8. The van der Waals surface area contributed by atoms with E-state index in [-0.39, 0.29) is 10.5 Å². The van der Waals surface area contributed by atoms with Crippen LogP contribution in [-0.4, -0.2) is 45.7 Å². The molecular formula is C15H18N4O7S. The first-order chi connectivity index (χ1) is 12.6. The number of aryl methyl sites for hydroxylation is 1. The summed E-state index contributed by atoms with van der Waals surface area (Å²) in [4.78, 5) is -0.0666. The minimum Gasteiger partial charge on any atom is -0.504 e. The Balaban J connectivity index is 0.000000289. The maximum absolute atomic E-state index is 10.5. The lowest BCUT2D eigenvalue weighted by atomic mass is 10.2. The average molecular weight is 398 g/mol. The lowest BCUT2D eigenvalue weighted by Crippen LogP contribution is -2.30. The van der Waals surface area contributed by atoms with Gasteiger partial charge in [0.2, 0.25) is 11.7 Å². The Morgan fingerprint density at radius 2 is 1.67 bits per heavy atom. The SMILES string of the molecule is Cc1ccc(S(=O)(=O)O)cc1.N=C(NO)N/N=C/c1ccc(O)c(O)c1O. The summed E-state index contributed by atoms with van der Waals surface area (Å²) in [5.41, 5.74) is 4.66. The van der Waals surface area contributed by atoms with Gasteiger partial charge in [0.15, 0.2) is 11.5 Å². The lowest BCUT2D eigenvalue weighted by Gasteiger charge is -2.03. The minimum atomic E-state index is -4.02. The van der Waals surface area contributed by atoms with E-state index in [0.717, 1.165) is 11.8 Å². The van der Waals surface area contributed by atoms with Gasteiger partial charge in [0, 0.05) is 5.56 Å². The van der Waals surface area contributed by atoms with Gasteiger partial charge in [0.25, 0.3) is 10.1 Å². The van der Waals surface area contributed by atoms with E-state index in [1.54, 1.807) is 12.1 Å². The lowest BCUT2D eigenvalue weighted by molar-refractivity contribution is 0.228. The van der Waals surface area contributed by atoms with Crippen molar-refractivity contribution in [3.63, 3.8) is 0 Å². The Labute approximate surface area is 154 Å². The van der Waals surface area contributed by atoms with Gasteiger partial charge < -0.3 is 15.3 Å². The molecule has 0 saturated carbocycles. The van der Waals surface area contributed by atoms with Gasteiger partial charge >= 0.3 is 0 Å². The van der Waals surface area contributed by atoms with Crippen molar-refractivity contribution in [1.82, 2.24) is 10.9 Å². The summed E-state index contributed by atoms with van der Waals surface area (Å²) in [7, 11) is -4.02. The molecule has 0 unspecified atom stereocenters. The largest absolute Gasteiger partial charge is 0.504 e. The number of hydrogen-bond donors (Lipinski definition) is 8. The number of aromatic hydroxyl groups is 3. The topological polar surface area (TPSA) is 196 Å². The van der Waals surface area contributed by atoms with Crippen LogP contribution >= 0.6 is 0 Å². The second-order valence-electron chi connectivity index (χ2n) is 5.02. The molecule has 0 atom stereocenters. The van der Waals surface area contributed by atoms with Crippen LogP contribution in [0, 0.1) is 12.3 Å². The Kier molecular flexibility index (Phi) is 7.53. The van der Waals surface area contributed by atoms with Gasteiger partial charge in [-0.15, -0.1) is 0 Å². The summed E-state index contributed by atoms with van der Waals surface area (Å²) in [5.74, 6) is -2.10. The molecule has 8 N–H and O–H groups in total. The van der Waals surface area contributed by atoms with Crippen LogP contribution in [0.3, 0.4) is 0 Å². The molecule has 0 aliphatic rings. The van der Waals surface area contributed by atoms with E-state index in [2.05, 4.69) is 10.5 Å². The van der Waals surface area contributed by atoms with Crippen molar-refractivity contribution < 1.29 is 33.5 Å². The number of hydrazone groups is 1. The number of benzene rings is 2. The molecule has 0 aliphatic heterocycles. The highest BCUT2D eigenvalue weighted by atomic mass is 32.2. The number of guanidine groups is 1. The van der Waals surface area contributed by atoms with Crippen LogP contribution in [0.1, 0.15) is 11.1 Å². The Bertz CT molecular complexity index is 928. The number of phenols is 3. The summed E-state index contributed by atoms with van der Waals surface area (Å²) in [6.45, 7) is 1.84. The van der Waals surface area contributed by atoms with Crippen molar-refractivity contribution >= 4 is 22.3 Å². The molecule has 0 amide bonds. The molecule has 0 fully saturated rings. The molecule has 0 heterocycles. The van der Waals surface area contributed by atoms with Gasteiger partial charge in [0.05, 0.1) is 11.1 Å². The Morgan fingerprint density at radius 1 is 1.07 bits per heavy atom. The zero-order valence-electron chi connectivity index (χ0n) is 13.9. The second-order valence-corrected chi connectivity index (χ2v) is 6.44. The first-order valence-corrected chi connectivity index (χ1v) is 8.56. The van der Waals surface area contributed by atoms with Crippen molar-refractivity contribution in [2.75, 3.05) is 0 Å². The van der Waals surface area contributed by atoms with Crippen molar-refractivity contribution in [3.05, 3.63) is 47.5 Å². The molecule has 2 aromatic carbocycles. The molecule has 0 saturated heterocycles. The third-order valence-corrected chi connectivity index (χ3v) is 3.84. The zero-order chi connectivity index (χ0) is 20.6. The highest BCUT2D eigenvalue weighted by Gasteiger charge is 2.09. The number of rotatable bonds is 3. The molecule has 0 spiro atoms. The molecule has 2 aromatic rings. The standard InChI is InChI=1S/C8H10N4O4.C7H8O3S/c9-8(12-16)11-10-3-4-1-2-5(13)7(15)6(4)14;1-6-2-4-7(5-3-6)11(8,9)10/h1-3,13-16H,(H3,9,11,12);2-5H,1H3,(H,8,9,10)/b10-3+;. The van der Waals surface area contributed by atoms with Crippen LogP contribution < -0.4 is 10.9 Å². The van der Waals surface area contributed by atoms with Crippen molar-refractivity contribution in [2.45, 2.75) is 11.8 Å². The minimum absolute atomic E-state index is 0.0666. The molecule has 12 heteroatoms. The normalized spacial score (nSPS) is 10.8.